The van der Waals surface area contributed by atoms with Crippen LogP contribution in [0.2, 0.25) is 0 Å². The lowest BCUT2D eigenvalue weighted by molar-refractivity contribution is -0.137. The van der Waals surface area contributed by atoms with Gasteiger partial charge in [-0.2, -0.15) is 0 Å². The van der Waals surface area contributed by atoms with Crippen LogP contribution in [-0.4, -0.2) is 17.1 Å². The van der Waals surface area contributed by atoms with E-state index in [1.165, 1.54) is 0 Å². The zero-order valence-corrected chi connectivity index (χ0v) is 12.5. The Kier molecular flexibility index (Phi) is 3.81. The summed E-state index contributed by atoms with van der Waals surface area (Å²) in [6, 6.07) is 7.93. The van der Waals surface area contributed by atoms with Crippen LogP contribution < -0.4 is 5.32 Å². The molecule has 2 N–H and O–H groups in total. The Hall–Kier alpha value is -1.33. The number of nitrogens with one attached hydrogen (secondary N) is 1. The van der Waals surface area contributed by atoms with Crippen molar-refractivity contribution >= 4 is 32.9 Å². The first-order chi connectivity index (χ1) is 9.61. The molecule has 0 saturated heterocycles. The summed E-state index contributed by atoms with van der Waals surface area (Å²) in [5.41, 5.74) is 0.853. The second-order valence-electron chi connectivity index (χ2n) is 5.32. The fourth-order valence-corrected chi connectivity index (χ4v) is 2.86. The van der Waals surface area contributed by atoms with Crippen LogP contribution in [0, 0.1) is 5.92 Å². The topological polar surface area (TPSA) is 62.5 Å². The minimum absolute atomic E-state index is 0.0486. The summed E-state index contributed by atoms with van der Waals surface area (Å²) in [4.78, 5) is 10.9. The Morgan fingerprint density at radius 1 is 1.45 bits per heavy atom. The van der Waals surface area contributed by atoms with Crippen molar-refractivity contribution in [2.24, 2.45) is 5.92 Å². The Morgan fingerprint density at radius 2 is 2.25 bits per heavy atom. The van der Waals surface area contributed by atoms with Crippen LogP contribution in [0.3, 0.4) is 0 Å². The van der Waals surface area contributed by atoms with Crippen molar-refractivity contribution in [2.45, 2.75) is 31.8 Å². The molecular formula is C15H16BrNO3. The highest BCUT2D eigenvalue weighted by Crippen LogP contribution is 2.34. The van der Waals surface area contributed by atoms with Crippen LogP contribution in [0.15, 0.2) is 33.2 Å². The quantitative estimate of drug-likeness (QED) is 0.846. The molecule has 0 unspecified atom stereocenters. The summed E-state index contributed by atoms with van der Waals surface area (Å²) < 4.78 is 6.77. The van der Waals surface area contributed by atoms with Crippen LogP contribution >= 0.6 is 15.9 Å². The Morgan fingerprint density at radius 3 is 2.95 bits per heavy atom. The number of fused-ring (bicyclic) bond motifs is 1. The monoisotopic (exact) mass is 337 g/mol. The van der Waals surface area contributed by atoms with E-state index in [-0.39, 0.29) is 12.5 Å². The Bertz CT molecular complexity index is 633. The van der Waals surface area contributed by atoms with Crippen LogP contribution in [-0.2, 0) is 11.3 Å². The fourth-order valence-electron chi connectivity index (χ4n) is 2.48. The van der Waals surface area contributed by atoms with E-state index in [1.807, 2.05) is 24.3 Å². The smallest absolute Gasteiger partial charge is 0.304 e. The van der Waals surface area contributed by atoms with Gasteiger partial charge in [0.25, 0.3) is 0 Å². The molecule has 0 aliphatic heterocycles. The normalized spacial score (nSPS) is 16.4. The first kappa shape index (κ1) is 13.6. The van der Waals surface area contributed by atoms with Crippen molar-refractivity contribution in [3.05, 3.63) is 34.5 Å². The fraction of sp³-hybridized carbons (Fsp3) is 0.400. The van der Waals surface area contributed by atoms with Gasteiger partial charge in [-0.1, -0.05) is 15.9 Å². The van der Waals surface area contributed by atoms with E-state index in [1.54, 1.807) is 0 Å². The van der Waals surface area contributed by atoms with E-state index >= 15 is 0 Å². The SMILES string of the molecule is O=C(O)C[C@H](NCc1cc2cc(Br)ccc2o1)C1CC1. The molecule has 20 heavy (non-hydrogen) atoms. The molecule has 0 spiro atoms. The van der Waals surface area contributed by atoms with Crippen molar-refractivity contribution in [3.8, 4) is 0 Å². The van der Waals surface area contributed by atoms with Crippen molar-refractivity contribution in [2.75, 3.05) is 0 Å². The summed E-state index contributed by atoms with van der Waals surface area (Å²) in [7, 11) is 0. The van der Waals surface area contributed by atoms with Gasteiger partial charge < -0.3 is 14.8 Å². The van der Waals surface area contributed by atoms with E-state index < -0.39 is 5.97 Å². The molecule has 3 rings (SSSR count). The summed E-state index contributed by atoms with van der Waals surface area (Å²) >= 11 is 3.44. The van der Waals surface area contributed by atoms with E-state index in [0.717, 1.165) is 34.0 Å². The lowest BCUT2D eigenvalue weighted by Gasteiger charge is -2.14. The highest BCUT2D eigenvalue weighted by Gasteiger charge is 2.32. The van der Waals surface area contributed by atoms with Gasteiger partial charge in [0, 0.05) is 15.9 Å². The number of hydrogen-bond acceptors (Lipinski definition) is 3. The molecule has 1 heterocycles. The predicted molar refractivity (Wildman–Crippen MR) is 79.5 cm³/mol. The maximum atomic E-state index is 10.9. The van der Waals surface area contributed by atoms with Gasteiger partial charge in [0.2, 0.25) is 0 Å². The zero-order valence-electron chi connectivity index (χ0n) is 10.9. The molecule has 1 aliphatic carbocycles. The summed E-state index contributed by atoms with van der Waals surface area (Å²) in [5, 5.41) is 13.3. The molecule has 1 atom stereocenters. The molecule has 1 saturated carbocycles. The van der Waals surface area contributed by atoms with E-state index in [0.29, 0.717) is 12.5 Å². The highest BCUT2D eigenvalue weighted by atomic mass is 79.9. The minimum Gasteiger partial charge on any atom is -0.481 e. The third-order valence-electron chi connectivity index (χ3n) is 3.65. The Labute approximate surface area is 125 Å². The molecule has 1 aromatic carbocycles. The molecule has 4 nitrogen and oxygen atoms in total. The molecule has 1 fully saturated rings. The first-order valence-electron chi connectivity index (χ1n) is 6.75. The van der Waals surface area contributed by atoms with Crippen molar-refractivity contribution in [1.82, 2.24) is 5.32 Å². The molecular weight excluding hydrogens is 322 g/mol. The number of hydrogen-bond donors (Lipinski definition) is 2. The molecule has 0 radical (unpaired) electrons. The highest BCUT2D eigenvalue weighted by molar-refractivity contribution is 9.10. The maximum absolute atomic E-state index is 10.9. The number of carbonyl (C=O) groups is 1. The van der Waals surface area contributed by atoms with Crippen LogP contribution in [0.1, 0.15) is 25.0 Å². The van der Waals surface area contributed by atoms with Gasteiger partial charge in [-0.05, 0) is 43.0 Å². The van der Waals surface area contributed by atoms with Gasteiger partial charge >= 0.3 is 5.97 Å². The second-order valence-corrected chi connectivity index (χ2v) is 6.23. The number of carboxylic acids is 1. The van der Waals surface area contributed by atoms with Crippen LogP contribution in [0.25, 0.3) is 11.0 Å². The molecule has 1 aromatic heterocycles. The van der Waals surface area contributed by atoms with E-state index in [2.05, 4.69) is 21.2 Å². The average molecular weight is 338 g/mol. The molecule has 0 bridgehead atoms. The first-order valence-corrected chi connectivity index (χ1v) is 7.54. The number of carboxylic acid groups (broad SMARTS) is 1. The summed E-state index contributed by atoms with van der Waals surface area (Å²) in [6.07, 6.45) is 2.42. The van der Waals surface area contributed by atoms with E-state index in [9.17, 15) is 4.79 Å². The number of aliphatic carboxylic acids is 1. The lowest BCUT2D eigenvalue weighted by Crippen LogP contribution is -2.32. The molecule has 2 aromatic rings. The van der Waals surface area contributed by atoms with Crippen LogP contribution in [0.4, 0.5) is 0 Å². The number of rotatable bonds is 6. The molecule has 0 amide bonds. The number of furan rings is 1. The Balaban J connectivity index is 1.67. The third-order valence-corrected chi connectivity index (χ3v) is 4.15. The summed E-state index contributed by atoms with van der Waals surface area (Å²) in [6.45, 7) is 0.570. The van der Waals surface area contributed by atoms with Gasteiger partial charge in [-0.15, -0.1) is 0 Å². The van der Waals surface area contributed by atoms with Crippen molar-refractivity contribution < 1.29 is 14.3 Å². The molecule has 106 valence electrons. The van der Waals surface area contributed by atoms with Gasteiger partial charge in [-0.25, -0.2) is 0 Å². The van der Waals surface area contributed by atoms with E-state index in [4.69, 9.17) is 9.52 Å². The molecule has 5 heteroatoms. The van der Waals surface area contributed by atoms with Crippen molar-refractivity contribution in [1.29, 1.82) is 0 Å². The van der Waals surface area contributed by atoms with Gasteiger partial charge in [0.15, 0.2) is 0 Å². The lowest BCUT2D eigenvalue weighted by atomic mass is 10.1. The van der Waals surface area contributed by atoms with Gasteiger partial charge in [-0.3, -0.25) is 4.79 Å². The zero-order chi connectivity index (χ0) is 14.1. The van der Waals surface area contributed by atoms with Gasteiger partial charge in [0.05, 0.1) is 13.0 Å². The predicted octanol–water partition coefficient (Wildman–Crippen LogP) is 3.54. The number of halogens is 1. The van der Waals surface area contributed by atoms with Gasteiger partial charge in [0.1, 0.15) is 11.3 Å². The standard InChI is InChI=1S/C15H16BrNO3/c16-11-3-4-14-10(5-11)6-12(20-14)8-17-13(7-15(18)19)9-1-2-9/h3-6,9,13,17H,1-2,7-8H2,(H,18,19)/t13-/m0/s1. The third kappa shape index (κ3) is 3.22. The molecule has 1 aliphatic rings. The summed E-state index contributed by atoms with van der Waals surface area (Å²) in [5.74, 6) is 0.599. The maximum Gasteiger partial charge on any atom is 0.304 e. The largest absolute Gasteiger partial charge is 0.481 e. The average Bonchev–Trinajstić information content (AvgIpc) is 3.15. The van der Waals surface area contributed by atoms with Crippen molar-refractivity contribution in [3.63, 3.8) is 0 Å². The van der Waals surface area contributed by atoms with Crippen LogP contribution in [0.5, 0.6) is 0 Å². The number of benzene rings is 1. The minimum atomic E-state index is -0.747. The second kappa shape index (κ2) is 5.58.